The van der Waals surface area contributed by atoms with Gasteiger partial charge in [0, 0.05) is 11.8 Å². The van der Waals surface area contributed by atoms with Crippen LogP contribution in [0.2, 0.25) is 25.1 Å². The van der Waals surface area contributed by atoms with E-state index in [9.17, 15) is 4.79 Å². The highest BCUT2D eigenvalue weighted by Crippen LogP contribution is 2.40. The van der Waals surface area contributed by atoms with Gasteiger partial charge in [0.1, 0.15) is 0 Å². The van der Waals surface area contributed by atoms with Crippen LogP contribution in [0.1, 0.15) is 10.4 Å². The first-order valence-corrected chi connectivity index (χ1v) is 6.79. The molecule has 1 aromatic heterocycles. The van der Waals surface area contributed by atoms with Crippen LogP contribution in [0.4, 0.5) is 0 Å². The molecule has 7 heteroatoms. The van der Waals surface area contributed by atoms with Crippen molar-refractivity contribution in [3.63, 3.8) is 0 Å². The SMILES string of the molecule is O=Cc1c(Cl)cnc(-c2ccc(Cl)c(Cl)c2Cl)c1Cl. The van der Waals surface area contributed by atoms with Crippen molar-refractivity contribution in [2.45, 2.75) is 0 Å². The van der Waals surface area contributed by atoms with Gasteiger partial charge in [-0.05, 0) is 12.1 Å². The summed E-state index contributed by atoms with van der Waals surface area (Å²) >= 11 is 29.8. The van der Waals surface area contributed by atoms with Crippen molar-refractivity contribution in [1.29, 1.82) is 0 Å². The summed E-state index contributed by atoms with van der Waals surface area (Å²) in [7, 11) is 0. The standard InChI is InChI=1S/C12H4Cl5NO/c13-7-2-1-5(9(15)11(7)17)12-10(16)6(4-19)8(14)3-18-12/h1-4H. The van der Waals surface area contributed by atoms with Gasteiger partial charge in [0.05, 0.1) is 36.4 Å². The van der Waals surface area contributed by atoms with E-state index in [0.29, 0.717) is 22.6 Å². The zero-order valence-corrected chi connectivity index (χ0v) is 12.8. The van der Waals surface area contributed by atoms with Crippen LogP contribution in [0.5, 0.6) is 0 Å². The minimum absolute atomic E-state index is 0.114. The van der Waals surface area contributed by atoms with E-state index in [-0.39, 0.29) is 25.7 Å². The number of hydrogen-bond donors (Lipinski definition) is 0. The summed E-state index contributed by atoms with van der Waals surface area (Å²) in [5.41, 5.74) is 0.938. The first-order valence-electron chi connectivity index (χ1n) is 4.90. The summed E-state index contributed by atoms with van der Waals surface area (Å²) in [5, 5.41) is 1.00. The topological polar surface area (TPSA) is 30.0 Å². The fraction of sp³-hybridized carbons (Fsp3) is 0. The first-order chi connectivity index (χ1) is 8.97. The van der Waals surface area contributed by atoms with Gasteiger partial charge in [-0.25, -0.2) is 0 Å². The molecule has 0 radical (unpaired) electrons. The molecular formula is C12H4Cl5NO. The van der Waals surface area contributed by atoms with Crippen LogP contribution in [0.3, 0.4) is 0 Å². The Morgan fingerprint density at radius 1 is 0.895 bits per heavy atom. The lowest BCUT2D eigenvalue weighted by Crippen LogP contribution is -1.93. The molecule has 2 aromatic rings. The molecule has 0 fully saturated rings. The van der Waals surface area contributed by atoms with Gasteiger partial charge in [0.25, 0.3) is 0 Å². The highest BCUT2D eigenvalue weighted by molar-refractivity contribution is 6.49. The van der Waals surface area contributed by atoms with E-state index < -0.39 is 0 Å². The molecule has 2 rings (SSSR count). The third kappa shape index (κ3) is 2.69. The van der Waals surface area contributed by atoms with Crippen molar-refractivity contribution in [2.24, 2.45) is 0 Å². The van der Waals surface area contributed by atoms with Crippen molar-refractivity contribution >= 4 is 64.3 Å². The molecule has 0 bridgehead atoms. The fourth-order valence-corrected chi connectivity index (χ4v) is 2.64. The maximum absolute atomic E-state index is 11.0. The van der Waals surface area contributed by atoms with Gasteiger partial charge >= 0.3 is 0 Å². The van der Waals surface area contributed by atoms with Crippen molar-refractivity contribution < 1.29 is 4.79 Å². The number of pyridine rings is 1. The average Bonchev–Trinajstić information content (AvgIpc) is 2.38. The molecule has 0 spiro atoms. The first kappa shape index (κ1) is 14.9. The molecule has 0 saturated carbocycles. The van der Waals surface area contributed by atoms with Gasteiger partial charge in [-0.1, -0.05) is 58.0 Å². The van der Waals surface area contributed by atoms with Crippen LogP contribution in [0.15, 0.2) is 18.3 Å². The third-order valence-electron chi connectivity index (χ3n) is 2.42. The number of rotatable bonds is 2. The van der Waals surface area contributed by atoms with Gasteiger partial charge in [0.2, 0.25) is 0 Å². The quantitative estimate of drug-likeness (QED) is 0.501. The predicted molar refractivity (Wildman–Crippen MR) is 80.1 cm³/mol. The van der Waals surface area contributed by atoms with Crippen molar-refractivity contribution in [2.75, 3.05) is 0 Å². The number of carbonyl (C=O) groups is 1. The Hall–Kier alpha value is -0.510. The van der Waals surface area contributed by atoms with Gasteiger partial charge in [-0.2, -0.15) is 0 Å². The number of hydrogen-bond acceptors (Lipinski definition) is 2. The number of aromatic nitrogens is 1. The molecule has 19 heavy (non-hydrogen) atoms. The molecule has 0 amide bonds. The average molecular weight is 355 g/mol. The van der Waals surface area contributed by atoms with E-state index in [1.807, 2.05) is 0 Å². The molecule has 0 N–H and O–H groups in total. The molecule has 0 saturated heterocycles. The van der Waals surface area contributed by atoms with Crippen molar-refractivity contribution in [3.05, 3.63) is 49.0 Å². The van der Waals surface area contributed by atoms with Crippen LogP contribution >= 0.6 is 58.0 Å². The lowest BCUT2D eigenvalue weighted by molar-refractivity contribution is 0.112. The molecule has 0 aliphatic heterocycles. The minimum Gasteiger partial charge on any atom is -0.298 e. The Balaban J connectivity index is 2.73. The summed E-state index contributed by atoms with van der Waals surface area (Å²) in [4.78, 5) is 15.0. The van der Waals surface area contributed by atoms with Gasteiger partial charge < -0.3 is 0 Å². The second-order valence-corrected chi connectivity index (χ2v) is 5.47. The summed E-state index contributed by atoms with van der Waals surface area (Å²) < 4.78 is 0. The Kier molecular flexibility index (Phi) is 4.59. The number of aldehydes is 1. The summed E-state index contributed by atoms with van der Waals surface area (Å²) in [6.45, 7) is 0. The van der Waals surface area contributed by atoms with Crippen LogP contribution in [-0.4, -0.2) is 11.3 Å². The zero-order valence-electron chi connectivity index (χ0n) is 9.05. The second kappa shape index (κ2) is 5.86. The molecule has 98 valence electrons. The van der Waals surface area contributed by atoms with Gasteiger partial charge in [0.15, 0.2) is 6.29 Å². The lowest BCUT2D eigenvalue weighted by Gasteiger charge is -2.10. The molecule has 2 nitrogen and oxygen atoms in total. The maximum atomic E-state index is 11.0. The van der Waals surface area contributed by atoms with E-state index in [1.54, 1.807) is 12.1 Å². The fourth-order valence-electron chi connectivity index (χ4n) is 1.48. The van der Waals surface area contributed by atoms with Crippen molar-refractivity contribution in [1.82, 2.24) is 4.98 Å². The highest BCUT2D eigenvalue weighted by atomic mass is 35.5. The third-order valence-corrected chi connectivity index (χ3v) is 4.39. The monoisotopic (exact) mass is 353 g/mol. The minimum atomic E-state index is 0.114. The zero-order chi connectivity index (χ0) is 14.2. The Morgan fingerprint density at radius 3 is 2.21 bits per heavy atom. The van der Waals surface area contributed by atoms with Crippen LogP contribution < -0.4 is 0 Å². The number of carbonyl (C=O) groups excluding carboxylic acids is 1. The summed E-state index contributed by atoms with van der Waals surface area (Å²) in [5.74, 6) is 0. The van der Waals surface area contributed by atoms with Gasteiger partial charge in [-0.15, -0.1) is 0 Å². The second-order valence-electron chi connectivity index (χ2n) is 3.52. The molecular weight excluding hydrogens is 351 g/mol. The molecule has 0 aliphatic carbocycles. The maximum Gasteiger partial charge on any atom is 0.153 e. The van der Waals surface area contributed by atoms with E-state index in [1.165, 1.54) is 6.20 Å². The van der Waals surface area contributed by atoms with E-state index in [4.69, 9.17) is 58.0 Å². The molecule has 1 aromatic carbocycles. The van der Waals surface area contributed by atoms with E-state index in [2.05, 4.69) is 4.98 Å². The van der Waals surface area contributed by atoms with Crippen LogP contribution in [0.25, 0.3) is 11.3 Å². The number of nitrogens with zero attached hydrogens (tertiary/aromatic N) is 1. The summed E-state index contributed by atoms with van der Waals surface area (Å²) in [6, 6.07) is 3.19. The number of halogens is 5. The normalized spacial score (nSPS) is 10.6. The number of benzene rings is 1. The predicted octanol–water partition coefficient (Wildman–Crippen LogP) is 5.83. The molecule has 0 unspecified atom stereocenters. The van der Waals surface area contributed by atoms with E-state index in [0.717, 1.165) is 0 Å². The highest BCUT2D eigenvalue weighted by Gasteiger charge is 2.17. The Morgan fingerprint density at radius 2 is 1.58 bits per heavy atom. The molecule has 0 aliphatic rings. The van der Waals surface area contributed by atoms with E-state index >= 15 is 0 Å². The van der Waals surface area contributed by atoms with Crippen LogP contribution in [-0.2, 0) is 0 Å². The summed E-state index contributed by atoms with van der Waals surface area (Å²) in [6.07, 6.45) is 1.88. The lowest BCUT2D eigenvalue weighted by atomic mass is 10.1. The van der Waals surface area contributed by atoms with Crippen molar-refractivity contribution in [3.8, 4) is 11.3 Å². The van der Waals surface area contributed by atoms with Crippen LogP contribution in [0, 0.1) is 0 Å². The Labute approximate surface area is 134 Å². The smallest absolute Gasteiger partial charge is 0.153 e. The molecule has 1 heterocycles. The molecule has 0 atom stereocenters. The Bertz CT molecular complexity index is 672. The van der Waals surface area contributed by atoms with Gasteiger partial charge in [-0.3, -0.25) is 9.78 Å². The largest absolute Gasteiger partial charge is 0.298 e.